The van der Waals surface area contributed by atoms with Crippen LogP contribution in [0.3, 0.4) is 0 Å². The van der Waals surface area contributed by atoms with Gasteiger partial charge in [0.05, 0.1) is 6.04 Å². The number of imidazole rings is 1. The van der Waals surface area contributed by atoms with Crippen LogP contribution >= 0.6 is 12.4 Å². The quantitative estimate of drug-likeness (QED) is 0.929. The molecule has 0 amide bonds. The Balaban J connectivity index is 0.00000147. The van der Waals surface area contributed by atoms with Crippen LogP contribution < -0.4 is 5.32 Å². The normalized spacial score (nSPS) is 19.6. The highest BCUT2D eigenvalue weighted by molar-refractivity contribution is 5.85. The molecule has 0 saturated carbocycles. The molecule has 2 aromatic heterocycles. The molecule has 1 saturated heterocycles. The second-order valence-corrected chi connectivity index (χ2v) is 4.95. The van der Waals surface area contributed by atoms with Crippen LogP contribution in [0.1, 0.15) is 17.4 Å². The Bertz CT molecular complexity index is 527. The third-order valence-electron chi connectivity index (χ3n) is 3.62. The summed E-state index contributed by atoms with van der Waals surface area (Å²) in [5, 5.41) is 3.46. The van der Waals surface area contributed by atoms with Gasteiger partial charge in [-0.2, -0.15) is 0 Å². The van der Waals surface area contributed by atoms with E-state index in [1.165, 1.54) is 5.56 Å². The first-order valence-electron chi connectivity index (χ1n) is 6.65. The van der Waals surface area contributed by atoms with Crippen LogP contribution in [0.2, 0.25) is 0 Å². The minimum absolute atomic E-state index is 0. The summed E-state index contributed by atoms with van der Waals surface area (Å²) in [7, 11) is 2.05. The van der Waals surface area contributed by atoms with Crippen molar-refractivity contribution >= 4 is 12.4 Å². The van der Waals surface area contributed by atoms with Crippen LogP contribution in [0, 0.1) is 0 Å². The van der Waals surface area contributed by atoms with Gasteiger partial charge < -0.3 is 9.88 Å². The fraction of sp³-hybridized carbons (Fsp3) is 0.429. The molecule has 1 atom stereocenters. The van der Waals surface area contributed by atoms with Crippen molar-refractivity contribution in [3.63, 3.8) is 0 Å². The summed E-state index contributed by atoms with van der Waals surface area (Å²) >= 11 is 0. The van der Waals surface area contributed by atoms with Gasteiger partial charge in [-0.25, -0.2) is 4.98 Å². The maximum Gasteiger partial charge on any atom is 0.127 e. The van der Waals surface area contributed by atoms with Crippen molar-refractivity contribution in [1.82, 2.24) is 24.8 Å². The lowest BCUT2D eigenvalue weighted by Gasteiger charge is -2.35. The molecule has 0 spiro atoms. The minimum Gasteiger partial charge on any atom is -0.337 e. The van der Waals surface area contributed by atoms with Crippen LogP contribution in [0.4, 0.5) is 0 Å². The van der Waals surface area contributed by atoms with Gasteiger partial charge in [-0.15, -0.1) is 12.4 Å². The number of aromatic nitrogens is 3. The van der Waals surface area contributed by atoms with Crippen molar-refractivity contribution in [1.29, 1.82) is 0 Å². The largest absolute Gasteiger partial charge is 0.337 e. The van der Waals surface area contributed by atoms with E-state index in [1.54, 1.807) is 0 Å². The number of hydrogen-bond acceptors (Lipinski definition) is 4. The van der Waals surface area contributed by atoms with E-state index in [-0.39, 0.29) is 12.4 Å². The van der Waals surface area contributed by atoms with E-state index in [0.29, 0.717) is 6.04 Å². The van der Waals surface area contributed by atoms with Crippen molar-refractivity contribution < 1.29 is 0 Å². The molecule has 1 aliphatic heterocycles. The highest BCUT2D eigenvalue weighted by Gasteiger charge is 2.26. The topological polar surface area (TPSA) is 46.0 Å². The Morgan fingerprint density at radius 3 is 3.00 bits per heavy atom. The molecule has 0 bridgehead atoms. The molecule has 20 heavy (non-hydrogen) atoms. The Labute approximate surface area is 125 Å². The third kappa shape index (κ3) is 3.17. The van der Waals surface area contributed by atoms with Gasteiger partial charge in [0.2, 0.25) is 0 Å². The summed E-state index contributed by atoms with van der Waals surface area (Å²) in [6, 6.07) is 4.45. The highest BCUT2D eigenvalue weighted by atomic mass is 35.5. The number of nitrogens with one attached hydrogen (secondary N) is 1. The maximum absolute atomic E-state index is 4.50. The second kappa shape index (κ2) is 6.83. The Hall–Kier alpha value is -1.43. The fourth-order valence-electron chi connectivity index (χ4n) is 2.61. The molecule has 0 aromatic carbocycles. The van der Waals surface area contributed by atoms with Gasteiger partial charge in [-0.05, 0) is 11.6 Å². The van der Waals surface area contributed by atoms with Gasteiger partial charge in [-0.3, -0.25) is 9.88 Å². The molecule has 5 nitrogen and oxygen atoms in total. The molecule has 1 N–H and O–H groups in total. The first-order chi connectivity index (χ1) is 9.34. The van der Waals surface area contributed by atoms with Crippen LogP contribution in [-0.2, 0) is 13.6 Å². The smallest absolute Gasteiger partial charge is 0.127 e. The van der Waals surface area contributed by atoms with Gasteiger partial charge in [0.1, 0.15) is 5.82 Å². The first kappa shape index (κ1) is 15.0. The number of halogens is 1. The average Bonchev–Trinajstić information content (AvgIpc) is 2.87. The Kier molecular flexibility index (Phi) is 5.11. The first-order valence-corrected chi connectivity index (χ1v) is 6.65. The SMILES string of the molecule is Cl.Cn1ccnc1C1CNCCN1Cc1cccnc1. The molecule has 1 fully saturated rings. The van der Waals surface area contributed by atoms with Crippen LogP contribution in [-0.4, -0.2) is 39.1 Å². The highest BCUT2D eigenvalue weighted by Crippen LogP contribution is 2.22. The van der Waals surface area contributed by atoms with E-state index in [0.717, 1.165) is 32.0 Å². The number of aryl methyl sites for hydroxylation is 1. The molecule has 3 heterocycles. The number of piperazine rings is 1. The Morgan fingerprint density at radius 1 is 1.40 bits per heavy atom. The summed E-state index contributed by atoms with van der Waals surface area (Å²) in [5.74, 6) is 1.12. The van der Waals surface area contributed by atoms with Crippen molar-refractivity contribution in [3.05, 3.63) is 48.3 Å². The van der Waals surface area contributed by atoms with Crippen LogP contribution in [0.15, 0.2) is 36.9 Å². The van der Waals surface area contributed by atoms with E-state index in [4.69, 9.17) is 0 Å². The summed E-state index contributed by atoms with van der Waals surface area (Å²) in [4.78, 5) is 11.2. The molecular formula is C14H20ClN5. The van der Waals surface area contributed by atoms with E-state index >= 15 is 0 Å². The monoisotopic (exact) mass is 293 g/mol. The summed E-state index contributed by atoms with van der Waals surface area (Å²) < 4.78 is 2.11. The predicted molar refractivity (Wildman–Crippen MR) is 80.7 cm³/mol. The van der Waals surface area contributed by atoms with Gasteiger partial charge in [0, 0.05) is 58.0 Å². The molecule has 1 aliphatic rings. The van der Waals surface area contributed by atoms with Crippen LogP contribution in [0.25, 0.3) is 0 Å². The molecule has 6 heteroatoms. The van der Waals surface area contributed by atoms with Crippen molar-refractivity contribution in [3.8, 4) is 0 Å². The van der Waals surface area contributed by atoms with E-state index in [9.17, 15) is 0 Å². The Morgan fingerprint density at radius 2 is 2.30 bits per heavy atom. The van der Waals surface area contributed by atoms with Gasteiger partial charge in [0.15, 0.2) is 0 Å². The van der Waals surface area contributed by atoms with E-state index < -0.39 is 0 Å². The fourth-order valence-corrected chi connectivity index (χ4v) is 2.61. The van der Waals surface area contributed by atoms with Gasteiger partial charge in [-0.1, -0.05) is 6.07 Å². The van der Waals surface area contributed by atoms with Crippen molar-refractivity contribution in [2.24, 2.45) is 7.05 Å². The lowest BCUT2D eigenvalue weighted by atomic mass is 10.1. The van der Waals surface area contributed by atoms with Crippen LogP contribution in [0.5, 0.6) is 0 Å². The van der Waals surface area contributed by atoms with Crippen molar-refractivity contribution in [2.75, 3.05) is 19.6 Å². The zero-order valence-electron chi connectivity index (χ0n) is 11.6. The summed E-state index contributed by atoms with van der Waals surface area (Å²) in [6.45, 7) is 3.94. The van der Waals surface area contributed by atoms with Gasteiger partial charge >= 0.3 is 0 Å². The number of hydrogen-bond donors (Lipinski definition) is 1. The summed E-state index contributed by atoms with van der Waals surface area (Å²) in [6.07, 6.45) is 7.63. The summed E-state index contributed by atoms with van der Waals surface area (Å²) in [5.41, 5.74) is 1.25. The van der Waals surface area contributed by atoms with Crippen molar-refractivity contribution in [2.45, 2.75) is 12.6 Å². The molecule has 3 rings (SSSR count). The minimum atomic E-state index is 0. The molecule has 0 aliphatic carbocycles. The van der Waals surface area contributed by atoms with E-state index in [1.807, 2.05) is 30.9 Å². The zero-order valence-corrected chi connectivity index (χ0v) is 12.4. The molecule has 0 radical (unpaired) electrons. The number of rotatable bonds is 3. The molecule has 2 aromatic rings. The lowest BCUT2D eigenvalue weighted by molar-refractivity contribution is 0.144. The maximum atomic E-state index is 4.50. The predicted octanol–water partition coefficient (Wildman–Crippen LogP) is 1.38. The average molecular weight is 294 g/mol. The van der Waals surface area contributed by atoms with E-state index in [2.05, 4.69) is 37.9 Å². The number of pyridine rings is 1. The second-order valence-electron chi connectivity index (χ2n) is 4.95. The molecule has 1 unspecified atom stereocenters. The number of nitrogens with zero attached hydrogens (tertiary/aromatic N) is 4. The third-order valence-corrected chi connectivity index (χ3v) is 3.62. The molecular weight excluding hydrogens is 274 g/mol. The standard InChI is InChI=1S/C14H19N5.ClH/c1-18-7-6-17-14(18)13-10-16-5-8-19(13)11-12-3-2-4-15-9-12;/h2-4,6-7,9,13,16H,5,8,10-11H2,1H3;1H. The lowest BCUT2D eigenvalue weighted by Crippen LogP contribution is -2.46. The molecule has 108 valence electrons. The van der Waals surface area contributed by atoms with Gasteiger partial charge in [0.25, 0.3) is 0 Å². The zero-order chi connectivity index (χ0) is 13.1.